The first-order valence-electron chi connectivity index (χ1n) is 4.89. The fraction of sp³-hybridized carbons (Fsp3) is 0.273. The predicted molar refractivity (Wildman–Crippen MR) is 63.5 cm³/mol. The summed E-state index contributed by atoms with van der Waals surface area (Å²) in [6.45, 7) is 1.29. The summed E-state index contributed by atoms with van der Waals surface area (Å²) in [7, 11) is -3.41. The molecule has 0 atom stereocenters. The summed E-state index contributed by atoms with van der Waals surface area (Å²) in [5.74, 6) is -0.798. The summed E-state index contributed by atoms with van der Waals surface area (Å²) in [5.41, 5.74) is 0.196. The Hall–Kier alpha value is -1.69. The quantitative estimate of drug-likeness (QED) is 0.814. The number of carbonyl (C=O) groups excluding carboxylic acids is 2. The maximum atomic E-state index is 11.4. The van der Waals surface area contributed by atoms with Crippen molar-refractivity contribution >= 4 is 27.2 Å². The van der Waals surface area contributed by atoms with E-state index in [1.54, 1.807) is 12.1 Å². The first-order chi connectivity index (χ1) is 7.80. The number of amides is 1. The van der Waals surface area contributed by atoms with Gasteiger partial charge in [-0.05, 0) is 19.1 Å². The molecule has 17 heavy (non-hydrogen) atoms. The van der Waals surface area contributed by atoms with Gasteiger partial charge in [0.15, 0.2) is 9.84 Å². The highest BCUT2D eigenvalue weighted by molar-refractivity contribution is 7.90. The van der Waals surface area contributed by atoms with Gasteiger partial charge in [-0.15, -0.1) is 0 Å². The van der Waals surface area contributed by atoms with Crippen LogP contribution in [0.1, 0.15) is 13.3 Å². The number of hydrogen-bond acceptors (Lipinski definition) is 4. The van der Waals surface area contributed by atoms with E-state index < -0.39 is 15.7 Å². The van der Waals surface area contributed by atoms with Crippen LogP contribution in [0.25, 0.3) is 0 Å². The number of para-hydroxylation sites is 1. The minimum Gasteiger partial charge on any atom is -0.325 e. The van der Waals surface area contributed by atoms with E-state index in [4.69, 9.17) is 0 Å². The summed E-state index contributed by atoms with van der Waals surface area (Å²) in [6, 6.07) is 6.06. The Morgan fingerprint density at radius 3 is 2.35 bits per heavy atom. The van der Waals surface area contributed by atoms with Gasteiger partial charge < -0.3 is 5.32 Å². The van der Waals surface area contributed by atoms with Crippen LogP contribution >= 0.6 is 0 Å². The van der Waals surface area contributed by atoms with E-state index in [0.717, 1.165) is 6.26 Å². The summed E-state index contributed by atoms with van der Waals surface area (Å²) in [6.07, 6.45) is 0.793. The molecule has 0 bridgehead atoms. The molecule has 0 unspecified atom stereocenters. The second-order valence-electron chi connectivity index (χ2n) is 3.70. The zero-order chi connectivity index (χ0) is 13.1. The van der Waals surface area contributed by atoms with Crippen molar-refractivity contribution in [3.63, 3.8) is 0 Å². The Bertz CT molecular complexity index is 548. The molecule has 6 heteroatoms. The molecular formula is C11H13NO4S. The summed E-state index contributed by atoms with van der Waals surface area (Å²) in [4.78, 5) is 22.2. The van der Waals surface area contributed by atoms with Gasteiger partial charge in [-0.3, -0.25) is 9.59 Å². The second-order valence-corrected chi connectivity index (χ2v) is 5.68. The molecule has 1 aromatic carbocycles. The number of nitrogens with one attached hydrogen (secondary N) is 1. The Morgan fingerprint density at radius 2 is 1.82 bits per heavy atom. The van der Waals surface area contributed by atoms with Gasteiger partial charge >= 0.3 is 0 Å². The molecule has 1 amide bonds. The lowest BCUT2D eigenvalue weighted by molar-refractivity contribution is -0.124. The molecule has 1 aromatic rings. The fourth-order valence-electron chi connectivity index (χ4n) is 1.31. The topological polar surface area (TPSA) is 80.3 Å². The molecule has 0 saturated carbocycles. The van der Waals surface area contributed by atoms with Crippen LogP contribution in [-0.2, 0) is 19.4 Å². The minimum absolute atomic E-state index is 0.0388. The van der Waals surface area contributed by atoms with Crippen molar-refractivity contribution < 1.29 is 18.0 Å². The average molecular weight is 255 g/mol. The summed E-state index contributed by atoms with van der Waals surface area (Å²) >= 11 is 0. The van der Waals surface area contributed by atoms with Crippen LogP contribution in [0, 0.1) is 0 Å². The van der Waals surface area contributed by atoms with Crippen molar-refractivity contribution in [2.45, 2.75) is 18.2 Å². The van der Waals surface area contributed by atoms with Gasteiger partial charge in [-0.25, -0.2) is 8.42 Å². The van der Waals surface area contributed by atoms with Crippen molar-refractivity contribution in [3.05, 3.63) is 24.3 Å². The number of anilines is 1. The number of ketones is 1. The Morgan fingerprint density at radius 1 is 1.24 bits per heavy atom. The fourth-order valence-corrected chi connectivity index (χ4v) is 2.16. The van der Waals surface area contributed by atoms with Crippen LogP contribution in [-0.4, -0.2) is 26.4 Å². The van der Waals surface area contributed by atoms with Crippen molar-refractivity contribution in [1.82, 2.24) is 0 Å². The largest absolute Gasteiger partial charge is 0.325 e. The Kier molecular flexibility index (Phi) is 4.01. The van der Waals surface area contributed by atoms with Crippen LogP contribution in [0.15, 0.2) is 29.2 Å². The van der Waals surface area contributed by atoms with Crippen molar-refractivity contribution in [1.29, 1.82) is 0 Å². The highest BCUT2D eigenvalue weighted by Crippen LogP contribution is 2.20. The zero-order valence-corrected chi connectivity index (χ0v) is 10.4. The first-order valence-corrected chi connectivity index (χ1v) is 6.78. The van der Waals surface area contributed by atoms with E-state index >= 15 is 0 Å². The molecule has 5 nitrogen and oxygen atoms in total. The molecule has 0 radical (unpaired) electrons. The average Bonchev–Trinajstić information content (AvgIpc) is 2.15. The number of Topliss-reactive ketones (excluding diaryl/α,β-unsaturated/α-hetero) is 1. The standard InChI is InChI=1S/C11H13NO4S/c1-8(13)7-11(14)12-9-5-3-4-6-10(9)17(2,15)16/h3-6H,7H2,1-2H3,(H,12,14). The molecule has 1 rings (SSSR count). The Labute approximate surface area is 99.8 Å². The van der Waals surface area contributed by atoms with E-state index in [1.807, 2.05) is 0 Å². The molecule has 0 saturated heterocycles. The third-order valence-electron chi connectivity index (χ3n) is 1.97. The summed E-state index contributed by atoms with van der Waals surface area (Å²) < 4.78 is 22.9. The van der Waals surface area contributed by atoms with Crippen molar-refractivity contribution in [2.24, 2.45) is 0 Å². The van der Waals surface area contributed by atoms with E-state index in [0.29, 0.717) is 0 Å². The van der Waals surface area contributed by atoms with Crippen LogP contribution in [0.5, 0.6) is 0 Å². The monoisotopic (exact) mass is 255 g/mol. The maximum Gasteiger partial charge on any atom is 0.231 e. The smallest absolute Gasteiger partial charge is 0.231 e. The first kappa shape index (κ1) is 13.4. The van der Waals surface area contributed by atoms with Gasteiger partial charge in [0.25, 0.3) is 0 Å². The number of rotatable bonds is 4. The third-order valence-corrected chi connectivity index (χ3v) is 3.13. The van der Waals surface area contributed by atoms with Gasteiger partial charge in [0.05, 0.1) is 17.0 Å². The molecule has 0 aliphatic carbocycles. The van der Waals surface area contributed by atoms with E-state index in [-0.39, 0.29) is 22.8 Å². The zero-order valence-electron chi connectivity index (χ0n) is 9.56. The third kappa shape index (κ3) is 3.99. The minimum atomic E-state index is -3.41. The molecule has 92 valence electrons. The van der Waals surface area contributed by atoms with Gasteiger partial charge in [-0.1, -0.05) is 12.1 Å². The maximum absolute atomic E-state index is 11.4. The van der Waals surface area contributed by atoms with E-state index in [1.165, 1.54) is 19.1 Å². The normalized spacial score (nSPS) is 10.9. The lowest BCUT2D eigenvalue weighted by atomic mass is 10.2. The predicted octanol–water partition coefficient (Wildman–Crippen LogP) is 1.01. The molecule has 0 aliphatic heterocycles. The lowest BCUT2D eigenvalue weighted by Gasteiger charge is -2.08. The van der Waals surface area contributed by atoms with Crippen molar-refractivity contribution in [2.75, 3.05) is 11.6 Å². The summed E-state index contributed by atoms with van der Waals surface area (Å²) in [5, 5.41) is 2.41. The Balaban J connectivity index is 3.00. The van der Waals surface area contributed by atoms with Gasteiger partial charge in [-0.2, -0.15) is 0 Å². The van der Waals surface area contributed by atoms with E-state index in [9.17, 15) is 18.0 Å². The number of carbonyl (C=O) groups is 2. The second kappa shape index (κ2) is 5.09. The molecule has 0 aliphatic rings. The van der Waals surface area contributed by atoms with Crippen LogP contribution in [0.2, 0.25) is 0 Å². The van der Waals surface area contributed by atoms with Gasteiger partial charge in [0, 0.05) is 6.26 Å². The molecule has 0 spiro atoms. The molecule has 0 heterocycles. The molecule has 1 N–H and O–H groups in total. The SMILES string of the molecule is CC(=O)CC(=O)Nc1ccccc1S(C)(=O)=O. The van der Waals surface area contributed by atoms with E-state index in [2.05, 4.69) is 5.32 Å². The van der Waals surface area contributed by atoms with Crippen LogP contribution in [0.3, 0.4) is 0 Å². The van der Waals surface area contributed by atoms with Crippen molar-refractivity contribution in [3.8, 4) is 0 Å². The van der Waals surface area contributed by atoms with Crippen LogP contribution in [0.4, 0.5) is 5.69 Å². The number of benzene rings is 1. The molecule has 0 aromatic heterocycles. The number of sulfone groups is 1. The van der Waals surface area contributed by atoms with Crippen LogP contribution < -0.4 is 5.32 Å². The highest BCUT2D eigenvalue weighted by atomic mass is 32.2. The highest BCUT2D eigenvalue weighted by Gasteiger charge is 2.14. The van der Waals surface area contributed by atoms with Gasteiger partial charge in [0.2, 0.25) is 5.91 Å². The number of hydrogen-bond donors (Lipinski definition) is 1. The molecule has 0 fully saturated rings. The lowest BCUT2D eigenvalue weighted by Crippen LogP contribution is -2.16. The molecular weight excluding hydrogens is 242 g/mol. The van der Waals surface area contributed by atoms with Gasteiger partial charge in [0.1, 0.15) is 5.78 Å².